The molecule has 1 aromatic heterocycles. The molecule has 0 N–H and O–H groups in total. The van der Waals surface area contributed by atoms with E-state index in [0.717, 1.165) is 17.9 Å². The van der Waals surface area contributed by atoms with Crippen LogP contribution in [0.2, 0.25) is 0 Å². The van der Waals surface area contributed by atoms with Gasteiger partial charge in [0.05, 0.1) is 13.0 Å². The lowest BCUT2D eigenvalue weighted by Gasteiger charge is -2.29. The van der Waals surface area contributed by atoms with Gasteiger partial charge in [-0.3, -0.25) is 14.6 Å². The lowest BCUT2D eigenvalue weighted by Crippen LogP contribution is -2.39. The number of hydrogen-bond donors (Lipinski definition) is 0. The van der Waals surface area contributed by atoms with Crippen molar-refractivity contribution in [1.82, 2.24) is 9.88 Å². The molecular weight excluding hydrogens is 304 g/mol. The van der Waals surface area contributed by atoms with Crippen LogP contribution in [0.15, 0.2) is 24.5 Å². The molecule has 1 amide bonds. The minimum absolute atomic E-state index is 0.141. The maximum Gasteiger partial charge on any atom is 0.307 e. The lowest BCUT2D eigenvalue weighted by atomic mass is 9.87. The van der Waals surface area contributed by atoms with Crippen LogP contribution >= 0.6 is 0 Å². The fourth-order valence-electron chi connectivity index (χ4n) is 4.22. The van der Waals surface area contributed by atoms with Gasteiger partial charge in [-0.1, -0.05) is 12.5 Å². The van der Waals surface area contributed by atoms with Crippen molar-refractivity contribution in [3.8, 4) is 0 Å². The monoisotopic (exact) mass is 330 g/mol. The number of carbonyl (C=O) groups excluding carboxylic acids is 2. The van der Waals surface area contributed by atoms with Crippen molar-refractivity contribution in [3.05, 3.63) is 30.1 Å². The van der Waals surface area contributed by atoms with Crippen LogP contribution in [0.4, 0.5) is 0 Å². The highest BCUT2D eigenvalue weighted by Crippen LogP contribution is 2.48. The Morgan fingerprint density at radius 3 is 2.83 bits per heavy atom. The van der Waals surface area contributed by atoms with Gasteiger partial charge in [-0.2, -0.15) is 0 Å². The molecule has 3 atom stereocenters. The summed E-state index contributed by atoms with van der Waals surface area (Å²) >= 11 is 0. The Labute approximate surface area is 143 Å². The van der Waals surface area contributed by atoms with E-state index in [4.69, 9.17) is 4.74 Å². The molecule has 3 rings (SSSR count). The Morgan fingerprint density at radius 2 is 2.21 bits per heavy atom. The minimum Gasteiger partial charge on any atom is -0.466 e. The van der Waals surface area contributed by atoms with E-state index >= 15 is 0 Å². The van der Waals surface area contributed by atoms with Gasteiger partial charge in [0.15, 0.2) is 0 Å². The van der Waals surface area contributed by atoms with Crippen molar-refractivity contribution in [1.29, 1.82) is 0 Å². The van der Waals surface area contributed by atoms with Gasteiger partial charge in [0.25, 0.3) is 0 Å². The second-order valence-corrected chi connectivity index (χ2v) is 6.96. The van der Waals surface area contributed by atoms with Crippen LogP contribution in [-0.4, -0.2) is 34.9 Å². The molecule has 0 radical (unpaired) electrons. The van der Waals surface area contributed by atoms with Gasteiger partial charge in [0.1, 0.15) is 0 Å². The van der Waals surface area contributed by atoms with Crippen molar-refractivity contribution in [2.45, 2.75) is 45.6 Å². The molecule has 0 aromatic carbocycles. The molecule has 0 saturated heterocycles. The first kappa shape index (κ1) is 16.9. The van der Waals surface area contributed by atoms with E-state index in [-0.39, 0.29) is 24.2 Å². The van der Waals surface area contributed by atoms with Crippen molar-refractivity contribution >= 4 is 11.9 Å². The molecule has 0 aliphatic heterocycles. The molecule has 130 valence electrons. The maximum atomic E-state index is 13.1. The maximum absolute atomic E-state index is 13.1. The molecule has 24 heavy (non-hydrogen) atoms. The Balaban J connectivity index is 1.66. The number of aromatic nitrogens is 1. The number of hydrogen-bond acceptors (Lipinski definition) is 4. The number of fused-ring (bicyclic) bond motifs is 2. The Bertz CT molecular complexity index is 575. The van der Waals surface area contributed by atoms with Gasteiger partial charge in [-0.25, -0.2) is 0 Å². The molecule has 2 fully saturated rings. The summed E-state index contributed by atoms with van der Waals surface area (Å²) in [7, 11) is 0. The largest absolute Gasteiger partial charge is 0.466 e. The van der Waals surface area contributed by atoms with Gasteiger partial charge >= 0.3 is 5.97 Å². The third-order valence-electron chi connectivity index (χ3n) is 5.35. The molecule has 1 heterocycles. The van der Waals surface area contributed by atoms with Crippen LogP contribution in [0, 0.1) is 17.8 Å². The average Bonchev–Trinajstić information content (AvgIpc) is 3.22. The number of esters is 1. The zero-order valence-corrected chi connectivity index (χ0v) is 14.3. The lowest BCUT2D eigenvalue weighted by molar-refractivity contribution is -0.145. The Kier molecular flexibility index (Phi) is 5.48. The van der Waals surface area contributed by atoms with Gasteiger partial charge in [-0.15, -0.1) is 0 Å². The number of ether oxygens (including phenoxy) is 1. The molecule has 0 unspecified atom stereocenters. The van der Waals surface area contributed by atoms with Crippen molar-refractivity contribution < 1.29 is 14.3 Å². The summed E-state index contributed by atoms with van der Waals surface area (Å²) in [4.78, 5) is 30.7. The van der Waals surface area contributed by atoms with Gasteiger partial charge < -0.3 is 9.64 Å². The third kappa shape index (κ3) is 3.94. The summed E-state index contributed by atoms with van der Waals surface area (Å²) in [5.41, 5.74) is 0.998. The summed E-state index contributed by atoms with van der Waals surface area (Å²) in [6.07, 6.45) is 8.44. The van der Waals surface area contributed by atoms with Crippen LogP contribution < -0.4 is 0 Å². The number of carbonyl (C=O) groups is 2. The van der Waals surface area contributed by atoms with Gasteiger partial charge in [-0.05, 0) is 49.7 Å². The molecule has 2 saturated carbocycles. The van der Waals surface area contributed by atoms with Crippen LogP contribution in [0.5, 0.6) is 0 Å². The predicted molar refractivity (Wildman–Crippen MR) is 89.8 cm³/mol. The Morgan fingerprint density at radius 1 is 1.33 bits per heavy atom. The van der Waals surface area contributed by atoms with E-state index < -0.39 is 0 Å². The topological polar surface area (TPSA) is 59.5 Å². The van der Waals surface area contributed by atoms with E-state index in [2.05, 4.69) is 4.98 Å². The molecule has 2 aliphatic rings. The average molecular weight is 330 g/mol. The first-order valence-electron chi connectivity index (χ1n) is 9.00. The van der Waals surface area contributed by atoms with E-state index in [0.29, 0.717) is 25.6 Å². The van der Waals surface area contributed by atoms with Gasteiger partial charge in [0.2, 0.25) is 5.91 Å². The first-order chi connectivity index (χ1) is 11.7. The molecule has 5 nitrogen and oxygen atoms in total. The van der Waals surface area contributed by atoms with Gasteiger partial charge in [0, 0.05) is 31.4 Å². The van der Waals surface area contributed by atoms with Crippen molar-refractivity contribution in [2.24, 2.45) is 17.8 Å². The minimum atomic E-state index is -0.241. The summed E-state index contributed by atoms with van der Waals surface area (Å²) in [5, 5.41) is 0. The molecule has 5 heteroatoms. The second-order valence-electron chi connectivity index (χ2n) is 6.96. The van der Waals surface area contributed by atoms with Crippen LogP contribution in [0.1, 0.15) is 44.6 Å². The predicted octanol–water partition coefficient (Wildman–Crippen LogP) is 2.80. The molecular formula is C19H26N2O3. The van der Waals surface area contributed by atoms with E-state index in [1.165, 1.54) is 19.3 Å². The zero-order chi connectivity index (χ0) is 16.9. The van der Waals surface area contributed by atoms with E-state index in [1.807, 2.05) is 17.0 Å². The van der Waals surface area contributed by atoms with E-state index in [1.54, 1.807) is 19.3 Å². The summed E-state index contributed by atoms with van der Waals surface area (Å²) in [5.74, 6) is 1.38. The molecule has 2 bridgehead atoms. The fourth-order valence-corrected chi connectivity index (χ4v) is 4.22. The smallest absolute Gasteiger partial charge is 0.307 e. The van der Waals surface area contributed by atoms with E-state index in [9.17, 15) is 9.59 Å². The number of rotatable bonds is 7. The zero-order valence-electron chi connectivity index (χ0n) is 14.3. The fraction of sp³-hybridized carbons (Fsp3) is 0.632. The van der Waals surface area contributed by atoms with Crippen LogP contribution in [0.3, 0.4) is 0 Å². The number of pyridine rings is 1. The highest BCUT2D eigenvalue weighted by atomic mass is 16.5. The normalized spacial score (nSPS) is 24.8. The third-order valence-corrected chi connectivity index (χ3v) is 5.35. The SMILES string of the molecule is CCOC(=O)CCN(Cc1cccnc1)C(=O)[C@H]1C[C@H]2CC[C@H]1C2. The number of nitrogens with zero attached hydrogens (tertiary/aromatic N) is 2. The standard InChI is InChI=1S/C19H26N2O3/c1-2-24-18(22)7-9-21(13-15-4-3-8-20-12-15)19(23)17-11-14-5-6-16(17)10-14/h3-4,8,12,14,16-17H,2,5-7,9-11,13H2,1H3/t14-,16-,17-/m0/s1. The summed E-state index contributed by atoms with van der Waals surface area (Å²) in [6, 6.07) is 3.85. The molecule has 0 spiro atoms. The van der Waals surface area contributed by atoms with Crippen LogP contribution in [-0.2, 0) is 20.9 Å². The summed E-state index contributed by atoms with van der Waals surface area (Å²) in [6.45, 7) is 3.11. The van der Waals surface area contributed by atoms with Crippen molar-refractivity contribution in [2.75, 3.05) is 13.2 Å². The molecule has 2 aliphatic carbocycles. The number of amides is 1. The summed E-state index contributed by atoms with van der Waals surface area (Å²) < 4.78 is 5.01. The van der Waals surface area contributed by atoms with Crippen LogP contribution in [0.25, 0.3) is 0 Å². The Hall–Kier alpha value is -1.91. The molecule has 1 aromatic rings. The van der Waals surface area contributed by atoms with Crippen molar-refractivity contribution in [3.63, 3.8) is 0 Å². The highest BCUT2D eigenvalue weighted by molar-refractivity contribution is 5.80. The quantitative estimate of drug-likeness (QED) is 0.721. The second kappa shape index (κ2) is 7.77. The highest BCUT2D eigenvalue weighted by Gasteiger charge is 2.44. The first-order valence-corrected chi connectivity index (χ1v) is 9.00.